The number of anilines is 3. The van der Waals surface area contributed by atoms with Crippen LogP contribution >= 0.6 is 0 Å². The van der Waals surface area contributed by atoms with E-state index in [9.17, 15) is 13.7 Å². The summed E-state index contributed by atoms with van der Waals surface area (Å²) in [6.07, 6.45) is 5.83. The molecule has 31 heavy (non-hydrogen) atoms. The van der Waals surface area contributed by atoms with Gasteiger partial charge in [0.25, 0.3) is 0 Å². The standard InChI is InChI=1S/C21H29N7O2S/c1-2-3-10-23-20-17(15-22)16-24-21(27-20)26-18-6-8-19(9-7-18)31(29,30)25-11-14-28-12-4-5-13-28/h6-9,16,25H,2-5,10-14H2,1H3,(H2,23,24,26,27). The zero-order valence-electron chi connectivity index (χ0n) is 17.8. The summed E-state index contributed by atoms with van der Waals surface area (Å²) >= 11 is 0. The highest BCUT2D eigenvalue weighted by Gasteiger charge is 2.16. The summed E-state index contributed by atoms with van der Waals surface area (Å²) < 4.78 is 27.7. The number of nitriles is 1. The first-order valence-corrected chi connectivity index (χ1v) is 12.1. The molecule has 2 aromatic rings. The number of hydrogen-bond donors (Lipinski definition) is 3. The van der Waals surface area contributed by atoms with Crippen molar-refractivity contribution in [3.8, 4) is 6.07 Å². The first kappa shape index (κ1) is 22.9. The van der Waals surface area contributed by atoms with Gasteiger partial charge in [-0.2, -0.15) is 10.2 Å². The van der Waals surface area contributed by atoms with Crippen molar-refractivity contribution in [1.29, 1.82) is 5.26 Å². The summed E-state index contributed by atoms with van der Waals surface area (Å²) in [6, 6.07) is 8.51. The lowest BCUT2D eigenvalue weighted by molar-refractivity contribution is 0.344. The molecule has 0 amide bonds. The maximum absolute atomic E-state index is 12.5. The number of nitrogens with one attached hydrogen (secondary N) is 3. The lowest BCUT2D eigenvalue weighted by Crippen LogP contribution is -2.33. The molecule has 0 spiro atoms. The van der Waals surface area contributed by atoms with Gasteiger partial charge in [-0.3, -0.25) is 0 Å². The highest BCUT2D eigenvalue weighted by atomic mass is 32.2. The second kappa shape index (κ2) is 11.0. The van der Waals surface area contributed by atoms with Gasteiger partial charge < -0.3 is 15.5 Å². The minimum atomic E-state index is -3.55. The van der Waals surface area contributed by atoms with E-state index in [1.165, 1.54) is 19.0 Å². The van der Waals surface area contributed by atoms with Crippen molar-refractivity contribution in [2.75, 3.05) is 43.4 Å². The van der Waals surface area contributed by atoms with Crippen molar-refractivity contribution in [2.24, 2.45) is 0 Å². The zero-order valence-corrected chi connectivity index (χ0v) is 18.6. The Morgan fingerprint density at radius 3 is 2.58 bits per heavy atom. The fourth-order valence-electron chi connectivity index (χ4n) is 3.32. The lowest BCUT2D eigenvalue weighted by atomic mass is 10.3. The van der Waals surface area contributed by atoms with E-state index in [1.54, 1.807) is 24.3 Å². The predicted octanol–water partition coefficient (Wildman–Crippen LogP) is 2.68. The van der Waals surface area contributed by atoms with Crippen molar-refractivity contribution in [2.45, 2.75) is 37.5 Å². The molecule has 0 unspecified atom stereocenters. The summed E-state index contributed by atoms with van der Waals surface area (Å²) in [7, 11) is -3.55. The van der Waals surface area contributed by atoms with Gasteiger partial charge in [-0.05, 0) is 56.6 Å². The molecule has 3 N–H and O–H groups in total. The minimum absolute atomic E-state index is 0.210. The zero-order chi connectivity index (χ0) is 22.1. The average molecular weight is 444 g/mol. The molecule has 9 nitrogen and oxygen atoms in total. The van der Waals surface area contributed by atoms with Crippen molar-refractivity contribution in [3.63, 3.8) is 0 Å². The molecule has 1 aliphatic rings. The van der Waals surface area contributed by atoms with Crippen LogP contribution in [0.1, 0.15) is 38.2 Å². The second-order valence-electron chi connectivity index (χ2n) is 7.44. The fourth-order valence-corrected chi connectivity index (χ4v) is 4.34. The summed E-state index contributed by atoms with van der Waals surface area (Å²) in [5.41, 5.74) is 1.03. The van der Waals surface area contributed by atoms with Crippen LogP contribution in [0.4, 0.5) is 17.5 Å². The van der Waals surface area contributed by atoms with Gasteiger partial charge in [-0.25, -0.2) is 18.1 Å². The van der Waals surface area contributed by atoms with Crippen LogP contribution in [0.2, 0.25) is 0 Å². The molecule has 10 heteroatoms. The largest absolute Gasteiger partial charge is 0.369 e. The maximum atomic E-state index is 12.5. The summed E-state index contributed by atoms with van der Waals surface area (Å²) in [6.45, 7) is 6.01. The van der Waals surface area contributed by atoms with Crippen LogP contribution in [0, 0.1) is 11.3 Å². The van der Waals surface area contributed by atoms with Crippen molar-refractivity contribution >= 4 is 27.5 Å². The van der Waals surface area contributed by atoms with Crippen LogP contribution in [-0.2, 0) is 10.0 Å². The molecule has 0 aliphatic carbocycles. The Balaban J connectivity index is 1.60. The van der Waals surface area contributed by atoms with Gasteiger partial charge in [0, 0.05) is 25.3 Å². The molecule has 1 aromatic carbocycles. The monoisotopic (exact) mass is 443 g/mol. The topological polar surface area (TPSA) is 123 Å². The molecular formula is C21H29N7O2S. The number of rotatable bonds is 11. The van der Waals surface area contributed by atoms with Crippen LogP contribution in [0.25, 0.3) is 0 Å². The van der Waals surface area contributed by atoms with E-state index in [1.807, 2.05) is 0 Å². The minimum Gasteiger partial charge on any atom is -0.369 e. The van der Waals surface area contributed by atoms with E-state index >= 15 is 0 Å². The van der Waals surface area contributed by atoms with Gasteiger partial charge in [0.05, 0.1) is 11.1 Å². The van der Waals surface area contributed by atoms with Crippen LogP contribution < -0.4 is 15.4 Å². The third-order valence-corrected chi connectivity index (χ3v) is 6.55. The van der Waals surface area contributed by atoms with Gasteiger partial charge in [-0.1, -0.05) is 13.3 Å². The number of hydrogen-bond acceptors (Lipinski definition) is 8. The maximum Gasteiger partial charge on any atom is 0.240 e. The van der Waals surface area contributed by atoms with Crippen molar-refractivity contribution in [3.05, 3.63) is 36.0 Å². The number of likely N-dealkylation sites (tertiary alicyclic amines) is 1. The van der Waals surface area contributed by atoms with E-state index in [4.69, 9.17) is 0 Å². The molecule has 1 aliphatic heterocycles. The molecule has 166 valence electrons. The molecule has 2 heterocycles. The van der Waals surface area contributed by atoms with Gasteiger partial charge in [0.1, 0.15) is 17.5 Å². The first-order chi connectivity index (χ1) is 15.0. The van der Waals surface area contributed by atoms with Crippen molar-refractivity contribution < 1.29 is 8.42 Å². The van der Waals surface area contributed by atoms with Gasteiger partial charge in [0.2, 0.25) is 16.0 Å². The predicted molar refractivity (Wildman–Crippen MR) is 121 cm³/mol. The lowest BCUT2D eigenvalue weighted by Gasteiger charge is -2.15. The van der Waals surface area contributed by atoms with E-state index in [2.05, 4.69) is 43.2 Å². The highest BCUT2D eigenvalue weighted by molar-refractivity contribution is 7.89. The number of unbranched alkanes of at least 4 members (excludes halogenated alkanes) is 1. The Morgan fingerprint density at radius 1 is 1.16 bits per heavy atom. The highest BCUT2D eigenvalue weighted by Crippen LogP contribution is 2.19. The molecule has 1 aromatic heterocycles. The van der Waals surface area contributed by atoms with Crippen LogP contribution in [-0.4, -0.2) is 56.0 Å². The number of aromatic nitrogens is 2. The van der Waals surface area contributed by atoms with Crippen LogP contribution in [0.5, 0.6) is 0 Å². The van der Waals surface area contributed by atoms with Crippen LogP contribution in [0.3, 0.4) is 0 Å². The van der Waals surface area contributed by atoms with Crippen molar-refractivity contribution in [1.82, 2.24) is 19.6 Å². The third kappa shape index (κ3) is 6.62. The van der Waals surface area contributed by atoms with Gasteiger partial charge in [0.15, 0.2) is 0 Å². The molecule has 0 bridgehead atoms. The summed E-state index contributed by atoms with van der Waals surface area (Å²) in [5, 5.41) is 15.4. The number of sulfonamides is 1. The smallest absolute Gasteiger partial charge is 0.240 e. The summed E-state index contributed by atoms with van der Waals surface area (Å²) in [5.74, 6) is 0.812. The summed E-state index contributed by atoms with van der Waals surface area (Å²) in [4.78, 5) is 11.0. The van der Waals surface area contributed by atoms with E-state index < -0.39 is 10.0 Å². The van der Waals surface area contributed by atoms with Gasteiger partial charge in [-0.15, -0.1) is 0 Å². The van der Waals surface area contributed by atoms with Gasteiger partial charge >= 0.3 is 0 Å². The second-order valence-corrected chi connectivity index (χ2v) is 9.21. The molecule has 1 fully saturated rings. The Hall–Kier alpha value is -2.74. The van der Waals surface area contributed by atoms with E-state index in [-0.39, 0.29) is 4.90 Å². The fraction of sp³-hybridized carbons (Fsp3) is 0.476. The SMILES string of the molecule is CCCCNc1nc(Nc2ccc(S(=O)(=O)NCCN3CCCC3)cc2)ncc1C#N. The molecule has 0 atom stereocenters. The quantitative estimate of drug-likeness (QED) is 0.453. The average Bonchev–Trinajstić information content (AvgIpc) is 3.28. The molecule has 3 rings (SSSR count). The Labute approximate surface area is 183 Å². The molecule has 0 saturated carbocycles. The Kier molecular flexibility index (Phi) is 8.17. The first-order valence-electron chi connectivity index (χ1n) is 10.6. The molecule has 1 saturated heterocycles. The Morgan fingerprint density at radius 2 is 1.90 bits per heavy atom. The molecular weight excluding hydrogens is 414 g/mol. The number of nitrogens with zero attached hydrogens (tertiary/aromatic N) is 4. The van der Waals surface area contributed by atoms with E-state index in [0.717, 1.165) is 39.0 Å². The normalized spacial score (nSPS) is 14.3. The van der Waals surface area contributed by atoms with E-state index in [0.29, 0.717) is 29.6 Å². The third-order valence-electron chi connectivity index (χ3n) is 5.07. The molecule has 0 radical (unpaired) electrons. The van der Waals surface area contributed by atoms with Crippen LogP contribution in [0.15, 0.2) is 35.4 Å². The number of benzene rings is 1. The Bertz CT molecular complexity index is 997.